The first kappa shape index (κ1) is 12.0. The molecule has 0 saturated heterocycles. The third-order valence-corrected chi connectivity index (χ3v) is 2.65. The van der Waals surface area contributed by atoms with E-state index in [-0.39, 0.29) is 5.82 Å². The number of halogens is 1. The molecule has 0 aliphatic carbocycles. The van der Waals surface area contributed by atoms with Crippen LogP contribution in [-0.2, 0) is 0 Å². The summed E-state index contributed by atoms with van der Waals surface area (Å²) >= 11 is 0. The van der Waals surface area contributed by atoms with E-state index >= 15 is 0 Å². The van der Waals surface area contributed by atoms with Crippen molar-refractivity contribution in [3.05, 3.63) is 46.9 Å². The summed E-state index contributed by atoms with van der Waals surface area (Å²) in [5.74, 6) is -0.0125. The van der Waals surface area contributed by atoms with Crippen LogP contribution in [-0.4, -0.2) is 10.2 Å². The van der Waals surface area contributed by atoms with E-state index in [9.17, 15) is 4.39 Å². The number of anilines is 2. The van der Waals surface area contributed by atoms with Crippen molar-refractivity contribution in [1.29, 1.82) is 5.26 Å². The van der Waals surface area contributed by atoms with Crippen LogP contribution in [0.15, 0.2) is 24.3 Å². The summed E-state index contributed by atoms with van der Waals surface area (Å²) in [5, 5.41) is 19.9. The Bertz CT molecular complexity index is 631. The van der Waals surface area contributed by atoms with E-state index in [4.69, 9.17) is 5.26 Å². The minimum atomic E-state index is -0.352. The van der Waals surface area contributed by atoms with Gasteiger partial charge in [0.25, 0.3) is 0 Å². The molecule has 0 aliphatic rings. The standard InChI is InChI=1S/C13H11FN4/c1-8-9(2)17-18-13(12(8)7-15)16-11-5-3-4-10(14)6-11/h3-6H,1-2H3,(H,16,18). The molecular formula is C13H11FN4. The Morgan fingerprint density at radius 3 is 2.72 bits per heavy atom. The van der Waals surface area contributed by atoms with E-state index < -0.39 is 0 Å². The zero-order valence-electron chi connectivity index (χ0n) is 10.0. The average molecular weight is 242 g/mol. The Morgan fingerprint density at radius 1 is 1.28 bits per heavy atom. The number of rotatable bonds is 2. The van der Waals surface area contributed by atoms with Crippen molar-refractivity contribution in [3.8, 4) is 6.07 Å². The summed E-state index contributed by atoms with van der Waals surface area (Å²) in [6.07, 6.45) is 0. The maximum Gasteiger partial charge on any atom is 0.171 e. The summed E-state index contributed by atoms with van der Waals surface area (Å²) in [5.41, 5.74) is 2.43. The zero-order chi connectivity index (χ0) is 13.1. The van der Waals surface area contributed by atoms with Gasteiger partial charge in [-0.25, -0.2) is 4.39 Å². The Hall–Kier alpha value is -2.48. The molecule has 1 N–H and O–H groups in total. The van der Waals surface area contributed by atoms with E-state index in [1.165, 1.54) is 12.1 Å². The van der Waals surface area contributed by atoms with Crippen molar-refractivity contribution < 1.29 is 4.39 Å². The molecule has 0 radical (unpaired) electrons. The lowest BCUT2D eigenvalue weighted by atomic mass is 10.1. The van der Waals surface area contributed by atoms with Crippen molar-refractivity contribution in [2.45, 2.75) is 13.8 Å². The molecule has 4 nitrogen and oxygen atoms in total. The molecule has 0 saturated carbocycles. The van der Waals surface area contributed by atoms with Gasteiger partial charge in [-0.15, -0.1) is 5.10 Å². The normalized spacial score (nSPS) is 9.89. The third kappa shape index (κ3) is 2.28. The average Bonchev–Trinajstić information content (AvgIpc) is 2.34. The Morgan fingerprint density at radius 2 is 2.06 bits per heavy atom. The van der Waals surface area contributed by atoms with E-state index in [2.05, 4.69) is 21.6 Å². The first-order valence-electron chi connectivity index (χ1n) is 5.38. The van der Waals surface area contributed by atoms with Gasteiger partial charge in [-0.05, 0) is 37.6 Å². The maximum atomic E-state index is 13.1. The molecule has 0 atom stereocenters. The van der Waals surface area contributed by atoms with Crippen LogP contribution in [0.3, 0.4) is 0 Å². The van der Waals surface area contributed by atoms with Crippen LogP contribution in [0.25, 0.3) is 0 Å². The second-order valence-electron chi connectivity index (χ2n) is 3.88. The van der Waals surface area contributed by atoms with Gasteiger partial charge in [0.05, 0.1) is 5.69 Å². The predicted molar refractivity (Wildman–Crippen MR) is 65.9 cm³/mol. The first-order valence-corrected chi connectivity index (χ1v) is 5.38. The fourth-order valence-corrected chi connectivity index (χ4v) is 1.54. The minimum Gasteiger partial charge on any atom is -0.338 e. The Kier molecular flexibility index (Phi) is 3.20. The van der Waals surface area contributed by atoms with Gasteiger partial charge in [0, 0.05) is 5.69 Å². The van der Waals surface area contributed by atoms with Gasteiger partial charge in [-0.2, -0.15) is 10.4 Å². The van der Waals surface area contributed by atoms with Gasteiger partial charge in [0.15, 0.2) is 5.82 Å². The third-order valence-electron chi connectivity index (χ3n) is 2.65. The molecule has 1 heterocycles. The predicted octanol–water partition coefficient (Wildman–Crippen LogP) is 2.85. The van der Waals surface area contributed by atoms with Crippen molar-refractivity contribution in [2.75, 3.05) is 5.32 Å². The fraction of sp³-hybridized carbons (Fsp3) is 0.154. The molecule has 2 aromatic rings. The highest BCUT2D eigenvalue weighted by atomic mass is 19.1. The van der Waals surface area contributed by atoms with Crippen LogP contribution >= 0.6 is 0 Å². The number of nitrogens with one attached hydrogen (secondary N) is 1. The van der Waals surface area contributed by atoms with E-state index in [1.54, 1.807) is 26.0 Å². The molecular weight excluding hydrogens is 231 g/mol. The van der Waals surface area contributed by atoms with Crippen LogP contribution < -0.4 is 5.32 Å². The van der Waals surface area contributed by atoms with Gasteiger partial charge < -0.3 is 5.32 Å². The van der Waals surface area contributed by atoms with Gasteiger partial charge in [-0.3, -0.25) is 0 Å². The summed E-state index contributed by atoms with van der Waals surface area (Å²) in [6, 6.07) is 8.04. The number of aromatic nitrogens is 2. The first-order chi connectivity index (χ1) is 8.61. The van der Waals surface area contributed by atoms with E-state index in [1.807, 2.05) is 0 Å². The maximum absolute atomic E-state index is 13.1. The van der Waals surface area contributed by atoms with Crippen LogP contribution in [0.1, 0.15) is 16.8 Å². The SMILES string of the molecule is Cc1nnc(Nc2cccc(F)c2)c(C#N)c1C. The van der Waals surface area contributed by atoms with Gasteiger partial charge in [0.1, 0.15) is 17.4 Å². The molecule has 5 heteroatoms. The number of nitriles is 1. The lowest BCUT2D eigenvalue weighted by Crippen LogP contribution is -2.03. The molecule has 2 rings (SSSR count). The number of hydrogen-bond donors (Lipinski definition) is 1. The topological polar surface area (TPSA) is 61.6 Å². The lowest BCUT2D eigenvalue weighted by Gasteiger charge is -2.09. The molecule has 0 fully saturated rings. The zero-order valence-corrected chi connectivity index (χ0v) is 10.0. The molecule has 0 unspecified atom stereocenters. The van der Waals surface area contributed by atoms with Crippen molar-refractivity contribution in [2.24, 2.45) is 0 Å². The molecule has 90 valence electrons. The lowest BCUT2D eigenvalue weighted by molar-refractivity contribution is 0.628. The monoisotopic (exact) mass is 242 g/mol. The van der Waals surface area contributed by atoms with Gasteiger partial charge >= 0.3 is 0 Å². The molecule has 0 amide bonds. The number of benzene rings is 1. The number of hydrogen-bond acceptors (Lipinski definition) is 4. The number of nitrogens with zero attached hydrogens (tertiary/aromatic N) is 3. The van der Waals surface area contributed by atoms with Crippen molar-refractivity contribution in [3.63, 3.8) is 0 Å². The second-order valence-corrected chi connectivity index (χ2v) is 3.88. The fourth-order valence-electron chi connectivity index (χ4n) is 1.54. The van der Waals surface area contributed by atoms with Gasteiger partial charge in [0.2, 0.25) is 0 Å². The highest BCUT2D eigenvalue weighted by Crippen LogP contribution is 2.21. The van der Waals surface area contributed by atoms with Gasteiger partial charge in [-0.1, -0.05) is 6.07 Å². The molecule has 0 bridgehead atoms. The molecule has 0 aliphatic heterocycles. The summed E-state index contributed by atoms with van der Waals surface area (Å²) in [6.45, 7) is 3.59. The quantitative estimate of drug-likeness (QED) is 0.879. The molecule has 1 aromatic heterocycles. The molecule has 18 heavy (non-hydrogen) atoms. The van der Waals surface area contributed by atoms with Crippen LogP contribution in [0.4, 0.5) is 15.9 Å². The van der Waals surface area contributed by atoms with E-state index in [0.29, 0.717) is 22.8 Å². The van der Waals surface area contributed by atoms with Crippen molar-refractivity contribution in [1.82, 2.24) is 10.2 Å². The summed E-state index contributed by atoms with van der Waals surface area (Å²) in [7, 11) is 0. The highest BCUT2D eigenvalue weighted by molar-refractivity contribution is 5.64. The van der Waals surface area contributed by atoms with E-state index in [0.717, 1.165) is 5.56 Å². The smallest absolute Gasteiger partial charge is 0.171 e. The largest absolute Gasteiger partial charge is 0.338 e. The second kappa shape index (κ2) is 4.80. The summed E-state index contributed by atoms with van der Waals surface area (Å²) < 4.78 is 13.1. The van der Waals surface area contributed by atoms with Crippen LogP contribution in [0, 0.1) is 31.0 Å². The van der Waals surface area contributed by atoms with Crippen molar-refractivity contribution >= 4 is 11.5 Å². The molecule has 0 spiro atoms. The molecule has 1 aromatic carbocycles. The van der Waals surface area contributed by atoms with Crippen LogP contribution in [0.2, 0.25) is 0 Å². The Labute approximate surface area is 104 Å². The Balaban J connectivity index is 2.42. The number of aryl methyl sites for hydroxylation is 1. The van der Waals surface area contributed by atoms with Crippen LogP contribution in [0.5, 0.6) is 0 Å². The minimum absolute atomic E-state index is 0.339. The highest BCUT2D eigenvalue weighted by Gasteiger charge is 2.10. The summed E-state index contributed by atoms with van der Waals surface area (Å²) in [4.78, 5) is 0.